The highest BCUT2D eigenvalue weighted by molar-refractivity contribution is 5.93. The summed E-state index contributed by atoms with van der Waals surface area (Å²) in [7, 11) is 0. The number of benzene rings is 1. The zero-order valence-electron chi connectivity index (χ0n) is 15.3. The van der Waals surface area contributed by atoms with Crippen LogP contribution in [0.4, 0.5) is 19.0 Å². The Morgan fingerprint density at radius 1 is 1.17 bits per heavy atom. The summed E-state index contributed by atoms with van der Waals surface area (Å²) in [4.78, 5) is 24.0. The first-order valence-corrected chi connectivity index (χ1v) is 8.60. The summed E-state index contributed by atoms with van der Waals surface area (Å²) in [5.41, 5.74) is -0.637. The molecule has 0 aliphatic rings. The monoisotopic (exact) mass is 406 g/mol. The SMILES string of the molecule is Cc1cc(NC(=O)CCNC(=O)c2ccco2)n(-c2ccccc2C(F)(F)F)n1. The van der Waals surface area contributed by atoms with Crippen LogP contribution in [0.5, 0.6) is 0 Å². The molecule has 0 bridgehead atoms. The summed E-state index contributed by atoms with van der Waals surface area (Å²) in [6.07, 6.45) is -3.31. The molecule has 3 aromatic rings. The van der Waals surface area contributed by atoms with Crippen molar-refractivity contribution in [3.8, 4) is 5.69 Å². The number of nitrogens with one attached hydrogen (secondary N) is 2. The molecule has 0 radical (unpaired) electrons. The van der Waals surface area contributed by atoms with E-state index in [0.717, 1.165) is 10.7 Å². The number of hydrogen-bond donors (Lipinski definition) is 2. The van der Waals surface area contributed by atoms with Gasteiger partial charge in [0.2, 0.25) is 5.91 Å². The summed E-state index contributed by atoms with van der Waals surface area (Å²) in [5, 5.41) is 9.12. The van der Waals surface area contributed by atoms with Crippen LogP contribution in [-0.4, -0.2) is 28.1 Å². The van der Waals surface area contributed by atoms with E-state index in [2.05, 4.69) is 15.7 Å². The second-order valence-electron chi connectivity index (χ2n) is 6.13. The van der Waals surface area contributed by atoms with Crippen LogP contribution >= 0.6 is 0 Å². The van der Waals surface area contributed by atoms with Crippen molar-refractivity contribution in [2.45, 2.75) is 19.5 Å². The molecule has 2 aromatic heterocycles. The van der Waals surface area contributed by atoms with E-state index in [1.54, 1.807) is 13.0 Å². The fraction of sp³-hybridized carbons (Fsp3) is 0.211. The smallest absolute Gasteiger partial charge is 0.418 e. The molecule has 29 heavy (non-hydrogen) atoms. The van der Waals surface area contributed by atoms with E-state index in [1.165, 1.54) is 36.6 Å². The van der Waals surface area contributed by atoms with Gasteiger partial charge in [-0.2, -0.15) is 18.3 Å². The van der Waals surface area contributed by atoms with Crippen molar-refractivity contribution in [2.75, 3.05) is 11.9 Å². The number of hydrogen-bond acceptors (Lipinski definition) is 4. The number of furan rings is 1. The molecule has 10 heteroatoms. The van der Waals surface area contributed by atoms with Crippen molar-refractivity contribution < 1.29 is 27.2 Å². The average molecular weight is 406 g/mol. The standard InChI is InChI=1S/C19H17F3N4O3/c1-12-11-16(24-17(27)8-9-23-18(28)15-7-4-10-29-15)26(25-12)14-6-3-2-5-13(14)19(20,21)22/h2-7,10-11H,8-9H2,1H3,(H,23,28)(H,24,27). The first-order chi connectivity index (χ1) is 13.8. The van der Waals surface area contributed by atoms with Crippen molar-refractivity contribution in [2.24, 2.45) is 0 Å². The predicted octanol–water partition coefficient (Wildman–Crippen LogP) is 3.55. The van der Waals surface area contributed by atoms with Gasteiger partial charge in [0.25, 0.3) is 5.91 Å². The predicted molar refractivity (Wildman–Crippen MR) is 97.6 cm³/mol. The maximum absolute atomic E-state index is 13.3. The lowest BCUT2D eigenvalue weighted by molar-refractivity contribution is -0.137. The van der Waals surface area contributed by atoms with Gasteiger partial charge in [-0.3, -0.25) is 9.59 Å². The zero-order chi connectivity index (χ0) is 21.0. The summed E-state index contributed by atoms with van der Waals surface area (Å²) in [5.74, 6) is -0.748. The fourth-order valence-electron chi connectivity index (χ4n) is 2.66. The van der Waals surface area contributed by atoms with Crippen LogP contribution < -0.4 is 10.6 Å². The van der Waals surface area contributed by atoms with E-state index in [0.29, 0.717) is 5.69 Å². The summed E-state index contributed by atoms with van der Waals surface area (Å²) >= 11 is 0. The molecule has 0 aliphatic heterocycles. The number of para-hydroxylation sites is 1. The number of halogens is 3. The van der Waals surface area contributed by atoms with Crippen molar-refractivity contribution in [1.29, 1.82) is 0 Å². The van der Waals surface area contributed by atoms with Crippen LogP contribution in [0, 0.1) is 6.92 Å². The van der Waals surface area contributed by atoms with Crippen molar-refractivity contribution in [3.63, 3.8) is 0 Å². The lowest BCUT2D eigenvalue weighted by Crippen LogP contribution is -2.27. The number of nitrogens with zero attached hydrogens (tertiary/aromatic N) is 2. The van der Waals surface area contributed by atoms with Gasteiger partial charge in [0, 0.05) is 19.0 Å². The Labute approximate surface area is 163 Å². The molecule has 3 rings (SSSR count). The number of carbonyl (C=O) groups is 2. The Hall–Kier alpha value is -3.56. The molecule has 0 saturated carbocycles. The maximum atomic E-state index is 13.3. The molecular weight excluding hydrogens is 389 g/mol. The molecule has 2 amide bonds. The van der Waals surface area contributed by atoms with Gasteiger partial charge in [-0.15, -0.1) is 0 Å². The summed E-state index contributed by atoms with van der Waals surface area (Å²) in [6.45, 7) is 1.63. The Morgan fingerprint density at radius 3 is 2.62 bits per heavy atom. The number of anilines is 1. The first-order valence-electron chi connectivity index (χ1n) is 8.60. The van der Waals surface area contributed by atoms with Crippen molar-refractivity contribution >= 4 is 17.6 Å². The number of alkyl halides is 3. The van der Waals surface area contributed by atoms with E-state index in [4.69, 9.17) is 4.42 Å². The maximum Gasteiger partial charge on any atom is 0.418 e. The van der Waals surface area contributed by atoms with Crippen LogP contribution in [0.3, 0.4) is 0 Å². The largest absolute Gasteiger partial charge is 0.459 e. The van der Waals surface area contributed by atoms with E-state index in [9.17, 15) is 22.8 Å². The highest BCUT2D eigenvalue weighted by Gasteiger charge is 2.34. The van der Waals surface area contributed by atoms with Gasteiger partial charge in [-0.25, -0.2) is 4.68 Å². The molecule has 0 atom stereocenters. The van der Waals surface area contributed by atoms with Gasteiger partial charge in [0.15, 0.2) is 5.76 Å². The number of amides is 2. The number of rotatable bonds is 6. The quantitative estimate of drug-likeness (QED) is 0.655. The van der Waals surface area contributed by atoms with E-state index < -0.39 is 23.6 Å². The highest BCUT2D eigenvalue weighted by Crippen LogP contribution is 2.34. The second kappa shape index (κ2) is 8.21. The van der Waals surface area contributed by atoms with Gasteiger partial charge >= 0.3 is 6.18 Å². The van der Waals surface area contributed by atoms with Gasteiger partial charge in [0.05, 0.1) is 23.2 Å². The third-order valence-electron chi connectivity index (χ3n) is 3.92. The van der Waals surface area contributed by atoms with Gasteiger partial charge < -0.3 is 15.1 Å². The van der Waals surface area contributed by atoms with Crippen LogP contribution in [0.2, 0.25) is 0 Å². The Morgan fingerprint density at radius 2 is 1.93 bits per heavy atom. The lowest BCUT2D eigenvalue weighted by atomic mass is 10.1. The highest BCUT2D eigenvalue weighted by atomic mass is 19.4. The van der Waals surface area contributed by atoms with Crippen LogP contribution in [-0.2, 0) is 11.0 Å². The normalized spacial score (nSPS) is 11.3. The molecule has 0 unspecified atom stereocenters. The second-order valence-corrected chi connectivity index (χ2v) is 6.13. The zero-order valence-corrected chi connectivity index (χ0v) is 15.3. The minimum absolute atomic E-state index is 0.0254. The number of aryl methyl sites for hydroxylation is 1. The molecule has 7 nitrogen and oxygen atoms in total. The Balaban J connectivity index is 1.70. The molecular formula is C19H17F3N4O3. The van der Waals surface area contributed by atoms with Crippen LogP contribution in [0.15, 0.2) is 53.1 Å². The van der Waals surface area contributed by atoms with Gasteiger partial charge in [0.1, 0.15) is 5.82 Å². The number of aromatic nitrogens is 2. The van der Waals surface area contributed by atoms with Crippen molar-refractivity contribution in [3.05, 3.63) is 65.7 Å². The minimum atomic E-state index is -4.58. The van der Waals surface area contributed by atoms with Crippen LogP contribution in [0.25, 0.3) is 5.69 Å². The third-order valence-corrected chi connectivity index (χ3v) is 3.92. The molecule has 2 heterocycles. The fourth-order valence-corrected chi connectivity index (χ4v) is 2.66. The molecule has 2 N–H and O–H groups in total. The molecule has 1 aromatic carbocycles. The van der Waals surface area contributed by atoms with E-state index in [1.807, 2.05) is 0 Å². The van der Waals surface area contributed by atoms with E-state index in [-0.39, 0.29) is 30.2 Å². The van der Waals surface area contributed by atoms with Gasteiger partial charge in [-0.05, 0) is 31.2 Å². The molecule has 0 fully saturated rings. The lowest BCUT2D eigenvalue weighted by Gasteiger charge is -2.15. The Kier molecular flexibility index (Phi) is 5.71. The molecule has 0 spiro atoms. The summed E-state index contributed by atoms with van der Waals surface area (Å²) in [6, 6.07) is 9.46. The third kappa shape index (κ3) is 4.84. The topological polar surface area (TPSA) is 89.2 Å². The minimum Gasteiger partial charge on any atom is -0.459 e. The first kappa shape index (κ1) is 20.2. The van der Waals surface area contributed by atoms with Crippen molar-refractivity contribution in [1.82, 2.24) is 15.1 Å². The molecule has 152 valence electrons. The van der Waals surface area contributed by atoms with E-state index >= 15 is 0 Å². The van der Waals surface area contributed by atoms with Gasteiger partial charge in [-0.1, -0.05) is 12.1 Å². The van der Waals surface area contributed by atoms with Crippen LogP contribution in [0.1, 0.15) is 28.2 Å². The Bertz CT molecular complexity index is 1010. The average Bonchev–Trinajstić information content (AvgIpc) is 3.31. The number of carbonyl (C=O) groups excluding carboxylic acids is 2. The summed E-state index contributed by atoms with van der Waals surface area (Å²) < 4.78 is 45.9. The molecule has 0 aliphatic carbocycles. The molecule has 0 saturated heterocycles.